The molecule has 2 fully saturated rings. The van der Waals surface area contributed by atoms with Crippen LogP contribution in [0.1, 0.15) is 51.9 Å². The lowest BCUT2D eigenvalue weighted by atomic mass is 9.60. The fourth-order valence-electron chi connectivity index (χ4n) is 3.04. The van der Waals surface area contributed by atoms with Crippen molar-refractivity contribution in [3.05, 3.63) is 0 Å². The third kappa shape index (κ3) is 2.26. The van der Waals surface area contributed by atoms with Gasteiger partial charge in [0.1, 0.15) is 0 Å². The average molecular weight is 263 g/mol. The molecule has 0 aromatic rings. The second-order valence-electron chi connectivity index (χ2n) is 5.45. The highest BCUT2D eigenvalue weighted by Gasteiger charge is 2.57. The van der Waals surface area contributed by atoms with Crippen molar-refractivity contribution in [3.8, 4) is 0 Å². The Hall–Kier alpha value is 0.250. The van der Waals surface area contributed by atoms with Crippen molar-refractivity contribution in [2.45, 2.75) is 56.2 Å². The summed E-state index contributed by atoms with van der Waals surface area (Å²) in [7, 11) is 0. The van der Waals surface area contributed by atoms with E-state index < -0.39 is 4.33 Å². The maximum absolute atomic E-state index is 11.2. The summed E-state index contributed by atoms with van der Waals surface area (Å²) >= 11 is 12.0. The SMILES string of the molecule is CCCCCC1CC(C2CC(=O)C2(Cl)Cl)C1. The molecule has 2 saturated carbocycles. The number of hydrogen-bond acceptors (Lipinski definition) is 1. The van der Waals surface area contributed by atoms with Gasteiger partial charge in [0.25, 0.3) is 0 Å². The highest BCUT2D eigenvalue weighted by Crippen LogP contribution is 2.55. The van der Waals surface area contributed by atoms with Gasteiger partial charge >= 0.3 is 0 Å². The Morgan fingerprint density at radius 1 is 1.31 bits per heavy atom. The summed E-state index contributed by atoms with van der Waals surface area (Å²) in [5, 5.41) is 0. The van der Waals surface area contributed by atoms with Crippen LogP contribution in [0, 0.1) is 17.8 Å². The van der Waals surface area contributed by atoms with Gasteiger partial charge < -0.3 is 0 Å². The first-order chi connectivity index (χ1) is 7.55. The van der Waals surface area contributed by atoms with Gasteiger partial charge in [0.15, 0.2) is 10.1 Å². The lowest BCUT2D eigenvalue weighted by Crippen LogP contribution is -2.53. The predicted octanol–water partition coefficient (Wildman–Crippen LogP) is 4.36. The molecule has 2 aliphatic rings. The quantitative estimate of drug-likeness (QED) is 0.532. The van der Waals surface area contributed by atoms with Gasteiger partial charge in [-0.25, -0.2) is 0 Å². The normalized spacial score (nSPS) is 36.7. The summed E-state index contributed by atoms with van der Waals surface area (Å²) in [4.78, 5) is 11.2. The molecule has 16 heavy (non-hydrogen) atoms. The summed E-state index contributed by atoms with van der Waals surface area (Å²) < 4.78 is -1.04. The zero-order chi connectivity index (χ0) is 11.8. The molecular weight excluding hydrogens is 243 g/mol. The van der Waals surface area contributed by atoms with Crippen LogP contribution in [0.4, 0.5) is 0 Å². The molecule has 0 spiro atoms. The first-order valence-electron chi connectivity index (χ1n) is 6.46. The van der Waals surface area contributed by atoms with Crippen molar-refractivity contribution in [2.75, 3.05) is 0 Å². The van der Waals surface area contributed by atoms with E-state index in [2.05, 4.69) is 6.92 Å². The molecule has 0 N–H and O–H groups in total. The van der Waals surface area contributed by atoms with Gasteiger partial charge in [-0.05, 0) is 24.7 Å². The molecule has 92 valence electrons. The number of unbranched alkanes of at least 4 members (excludes halogenated alkanes) is 2. The van der Waals surface area contributed by atoms with Gasteiger partial charge in [-0.1, -0.05) is 55.8 Å². The zero-order valence-electron chi connectivity index (χ0n) is 9.85. The maximum atomic E-state index is 11.2. The summed E-state index contributed by atoms with van der Waals surface area (Å²) in [6.45, 7) is 2.24. The number of ketones is 1. The predicted molar refractivity (Wildman–Crippen MR) is 67.9 cm³/mol. The number of alkyl halides is 2. The Kier molecular flexibility index (Phi) is 3.86. The van der Waals surface area contributed by atoms with Crippen molar-refractivity contribution in [3.63, 3.8) is 0 Å². The largest absolute Gasteiger partial charge is 0.296 e. The molecule has 0 aliphatic heterocycles. The van der Waals surface area contributed by atoms with Crippen LogP contribution >= 0.6 is 23.2 Å². The third-order valence-corrected chi connectivity index (χ3v) is 5.28. The number of hydrogen-bond donors (Lipinski definition) is 0. The molecule has 1 atom stereocenters. The number of halogens is 2. The summed E-state index contributed by atoms with van der Waals surface area (Å²) in [5.74, 6) is 1.75. The van der Waals surface area contributed by atoms with E-state index >= 15 is 0 Å². The van der Waals surface area contributed by atoms with E-state index in [0.29, 0.717) is 12.3 Å². The van der Waals surface area contributed by atoms with Crippen LogP contribution in [0.2, 0.25) is 0 Å². The Labute approximate surface area is 108 Å². The molecule has 1 unspecified atom stereocenters. The molecule has 0 radical (unpaired) electrons. The molecule has 3 heteroatoms. The monoisotopic (exact) mass is 262 g/mol. The summed E-state index contributed by atoms with van der Waals surface area (Å²) in [6.07, 6.45) is 8.43. The van der Waals surface area contributed by atoms with Crippen LogP contribution in [-0.4, -0.2) is 10.1 Å². The molecule has 0 aromatic heterocycles. The molecule has 0 aromatic carbocycles. The summed E-state index contributed by atoms with van der Waals surface area (Å²) in [5.41, 5.74) is 0. The van der Waals surface area contributed by atoms with Crippen LogP contribution in [0.15, 0.2) is 0 Å². The minimum Gasteiger partial charge on any atom is -0.296 e. The van der Waals surface area contributed by atoms with E-state index in [1.807, 2.05) is 0 Å². The zero-order valence-corrected chi connectivity index (χ0v) is 11.4. The molecule has 0 amide bonds. The lowest BCUT2D eigenvalue weighted by molar-refractivity contribution is -0.131. The molecule has 2 aliphatic carbocycles. The molecule has 0 bridgehead atoms. The number of rotatable bonds is 5. The molecule has 0 saturated heterocycles. The van der Waals surface area contributed by atoms with Crippen molar-refractivity contribution in [2.24, 2.45) is 17.8 Å². The molecular formula is C13H20Cl2O. The first kappa shape index (κ1) is 12.7. The van der Waals surface area contributed by atoms with E-state index in [9.17, 15) is 4.79 Å². The minimum absolute atomic E-state index is 0.0234. The van der Waals surface area contributed by atoms with Crippen LogP contribution in [0.25, 0.3) is 0 Å². The maximum Gasteiger partial charge on any atom is 0.179 e. The Balaban J connectivity index is 1.67. The van der Waals surface area contributed by atoms with Crippen LogP contribution in [-0.2, 0) is 4.79 Å². The van der Waals surface area contributed by atoms with E-state index in [-0.39, 0.29) is 11.7 Å². The molecule has 0 heterocycles. The van der Waals surface area contributed by atoms with Gasteiger partial charge in [-0.15, -0.1) is 0 Å². The van der Waals surface area contributed by atoms with E-state index in [1.54, 1.807) is 0 Å². The standard InChI is InChI=1S/C13H20Cl2O/c1-2-3-4-5-9-6-10(7-9)11-8-12(16)13(11,14)15/h9-11H,2-8H2,1H3. The van der Waals surface area contributed by atoms with Crippen molar-refractivity contribution in [1.82, 2.24) is 0 Å². The minimum atomic E-state index is -1.04. The molecule has 1 nitrogen and oxygen atoms in total. The number of carbonyl (C=O) groups excluding carboxylic acids is 1. The topological polar surface area (TPSA) is 17.1 Å². The van der Waals surface area contributed by atoms with E-state index in [0.717, 1.165) is 5.92 Å². The third-order valence-electron chi connectivity index (χ3n) is 4.30. The first-order valence-corrected chi connectivity index (χ1v) is 7.22. The lowest BCUT2D eigenvalue weighted by Gasteiger charge is -2.49. The highest BCUT2D eigenvalue weighted by atomic mass is 35.5. The second kappa shape index (κ2) is 4.86. The fourth-order valence-corrected chi connectivity index (χ4v) is 3.70. The van der Waals surface area contributed by atoms with Crippen LogP contribution in [0.5, 0.6) is 0 Å². The van der Waals surface area contributed by atoms with Gasteiger partial charge in [0.05, 0.1) is 0 Å². The molecule has 2 rings (SSSR count). The Morgan fingerprint density at radius 2 is 2.00 bits per heavy atom. The van der Waals surface area contributed by atoms with E-state index in [4.69, 9.17) is 23.2 Å². The second-order valence-corrected chi connectivity index (χ2v) is 6.84. The van der Waals surface area contributed by atoms with Gasteiger partial charge in [-0.3, -0.25) is 4.79 Å². The van der Waals surface area contributed by atoms with Gasteiger partial charge in [0, 0.05) is 12.3 Å². The van der Waals surface area contributed by atoms with Crippen molar-refractivity contribution >= 4 is 29.0 Å². The van der Waals surface area contributed by atoms with Gasteiger partial charge in [-0.2, -0.15) is 0 Å². The fraction of sp³-hybridized carbons (Fsp3) is 0.923. The van der Waals surface area contributed by atoms with Crippen LogP contribution in [0.3, 0.4) is 0 Å². The number of carbonyl (C=O) groups is 1. The van der Waals surface area contributed by atoms with Crippen molar-refractivity contribution < 1.29 is 4.79 Å². The van der Waals surface area contributed by atoms with E-state index in [1.165, 1.54) is 38.5 Å². The average Bonchev–Trinajstić information content (AvgIpc) is 2.19. The van der Waals surface area contributed by atoms with Crippen molar-refractivity contribution in [1.29, 1.82) is 0 Å². The highest BCUT2D eigenvalue weighted by molar-refractivity contribution is 6.60. The van der Waals surface area contributed by atoms with Gasteiger partial charge in [0.2, 0.25) is 0 Å². The van der Waals surface area contributed by atoms with Crippen LogP contribution < -0.4 is 0 Å². The number of Topliss-reactive ketones (excluding diaryl/α,β-unsaturated/α-hetero) is 1. The smallest absolute Gasteiger partial charge is 0.179 e. The Morgan fingerprint density at radius 3 is 2.50 bits per heavy atom. The Bertz CT molecular complexity index is 269. The summed E-state index contributed by atoms with van der Waals surface area (Å²) in [6, 6.07) is 0.